The van der Waals surface area contributed by atoms with E-state index in [2.05, 4.69) is 0 Å². The molecule has 2 nitrogen and oxygen atoms in total. The van der Waals surface area contributed by atoms with Crippen LogP contribution in [0, 0.1) is 5.92 Å². The summed E-state index contributed by atoms with van der Waals surface area (Å²) >= 11 is 2.00. The van der Waals surface area contributed by atoms with E-state index in [1.165, 1.54) is 6.26 Å². The van der Waals surface area contributed by atoms with E-state index >= 15 is 0 Å². The summed E-state index contributed by atoms with van der Waals surface area (Å²) in [4.78, 5) is 11.4. The van der Waals surface area contributed by atoms with Gasteiger partial charge in [0.1, 0.15) is 12.4 Å². The fraction of sp³-hybridized carbons (Fsp3) is 0.444. The van der Waals surface area contributed by atoms with Gasteiger partial charge in [-0.15, -0.1) is 0 Å². The average molecular weight is 278 g/mol. The van der Waals surface area contributed by atoms with E-state index in [0.717, 1.165) is 0 Å². The summed E-state index contributed by atoms with van der Waals surface area (Å²) in [6.07, 6.45) is 5.26. The van der Waals surface area contributed by atoms with Gasteiger partial charge in [-0.3, -0.25) is 4.79 Å². The van der Waals surface area contributed by atoms with Crippen molar-refractivity contribution >= 4 is 28.4 Å². The lowest BCUT2D eigenvalue weighted by Gasteiger charge is -2.23. The molecular formula is C9H11IO2. The summed E-state index contributed by atoms with van der Waals surface area (Å²) < 4.78 is 6.02. The summed E-state index contributed by atoms with van der Waals surface area (Å²) in [7, 11) is 0. The highest BCUT2D eigenvalue weighted by Crippen LogP contribution is 2.24. The number of Topliss-reactive ketones (excluding diaryl/α,β-unsaturated/α-hetero) is 1. The van der Waals surface area contributed by atoms with Gasteiger partial charge in [0.25, 0.3) is 0 Å². The molecule has 0 unspecified atom stereocenters. The Balaban J connectivity index is 2.80. The monoisotopic (exact) mass is 278 g/mol. The molecule has 1 aliphatic rings. The van der Waals surface area contributed by atoms with E-state index in [1.807, 2.05) is 48.6 Å². The fourth-order valence-corrected chi connectivity index (χ4v) is 1.72. The first-order valence-corrected chi connectivity index (χ1v) is 4.93. The van der Waals surface area contributed by atoms with Crippen LogP contribution in [0.1, 0.15) is 13.8 Å². The number of rotatable bonds is 1. The number of carbonyl (C=O) groups is 1. The second-order valence-electron chi connectivity index (χ2n) is 2.75. The highest BCUT2D eigenvalue weighted by Gasteiger charge is 2.28. The highest BCUT2D eigenvalue weighted by atomic mass is 127. The number of hydrogen-bond acceptors (Lipinski definition) is 2. The minimum atomic E-state index is -0.0824. The van der Waals surface area contributed by atoms with Crippen LogP contribution in [-0.4, -0.2) is 11.9 Å². The van der Waals surface area contributed by atoms with Crippen molar-refractivity contribution in [2.75, 3.05) is 0 Å². The maximum Gasteiger partial charge on any atom is 0.178 e. The Morgan fingerprint density at radius 2 is 2.33 bits per heavy atom. The first kappa shape index (κ1) is 9.77. The van der Waals surface area contributed by atoms with Crippen LogP contribution in [0.2, 0.25) is 0 Å². The molecule has 0 saturated heterocycles. The van der Waals surface area contributed by atoms with Gasteiger partial charge in [-0.05, 0) is 35.6 Å². The molecule has 1 aliphatic heterocycles. The molecule has 0 bridgehead atoms. The lowest BCUT2D eigenvalue weighted by atomic mass is 9.97. The molecule has 0 aromatic rings. The van der Waals surface area contributed by atoms with Crippen LogP contribution in [0.25, 0.3) is 0 Å². The van der Waals surface area contributed by atoms with E-state index < -0.39 is 0 Å². The van der Waals surface area contributed by atoms with Crippen LogP contribution in [0.4, 0.5) is 0 Å². The molecule has 66 valence electrons. The Labute approximate surface area is 85.8 Å². The van der Waals surface area contributed by atoms with Crippen LogP contribution in [0.3, 0.4) is 0 Å². The summed E-state index contributed by atoms with van der Waals surface area (Å²) in [6.45, 7) is 3.81. The van der Waals surface area contributed by atoms with Gasteiger partial charge in [-0.1, -0.05) is 13.0 Å². The molecule has 0 N–H and O–H groups in total. The van der Waals surface area contributed by atoms with Crippen molar-refractivity contribution in [3.63, 3.8) is 0 Å². The Bertz CT molecular complexity index is 243. The zero-order chi connectivity index (χ0) is 9.14. The smallest absolute Gasteiger partial charge is 0.178 e. The minimum Gasteiger partial charge on any atom is -0.492 e. The largest absolute Gasteiger partial charge is 0.492 e. The van der Waals surface area contributed by atoms with E-state index in [1.54, 1.807) is 0 Å². The van der Waals surface area contributed by atoms with Gasteiger partial charge in [0.05, 0.1) is 9.50 Å². The predicted molar refractivity (Wildman–Crippen MR) is 56.0 cm³/mol. The van der Waals surface area contributed by atoms with Crippen molar-refractivity contribution in [3.05, 3.63) is 22.0 Å². The van der Waals surface area contributed by atoms with Gasteiger partial charge in [-0.2, -0.15) is 0 Å². The number of halogens is 1. The molecular weight excluding hydrogens is 267 g/mol. The Morgan fingerprint density at radius 1 is 1.67 bits per heavy atom. The zero-order valence-electron chi connectivity index (χ0n) is 7.08. The Kier molecular flexibility index (Phi) is 3.31. The van der Waals surface area contributed by atoms with Crippen molar-refractivity contribution in [2.24, 2.45) is 5.92 Å². The summed E-state index contributed by atoms with van der Waals surface area (Å²) in [5, 5.41) is 0. The van der Waals surface area contributed by atoms with Crippen LogP contribution in [0.5, 0.6) is 0 Å². The molecule has 0 aliphatic carbocycles. The summed E-state index contributed by atoms with van der Waals surface area (Å²) in [5.74, 6) is 0.114. The average Bonchev–Trinajstić information content (AvgIpc) is 2.07. The SMILES string of the molecule is C/C=C/[C@H]1OC=C(I)C(=O)[C@H]1C. The molecule has 0 amide bonds. The van der Waals surface area contributed by atoms with E-state index in [0.29, 0.717) is 3.58 Å². The lowest BCUT2D eigenvalue weighted by molar-refractivity contribution is -0.121. The summed E-state index contributed by atoms with van der Waals surface area (Å²) in [6, 6.07) is 0. The standard InChI is InChI=1S/C9H11IO2/c1-3-4-8-6(2)9(11)7(10)5-12-8/h3-6,8H,1-2H3/b4-3+/t6-,8+/m0/s1. The third kappa shape index (κ3) is 1.88. The molecule has 1 heterocycles. The zero-order valence-corrected chi connectivity index (χ0v) is 9.24. The Morgan fingerprint density at radius 3 is 2.92 bits per heavy atom. The van der Waals surface area contributed by atoms with Crippen molar-refractivity contribution in [1.29, 1.82) is 0 Å². The number of carbonyl (C=O) groups excluding carboxylic acids is 1. The molecule has 3 heteroatoms. The minimum absolute atomic E-state index is 0.0573. The maximum atomic E-state index is 11.4. The molecule has 0 fully saturated rings. The normalized spacial score (nSPS) is 30.2. The van der Waals surface area contributed by atoms with Crippen LogP contribution >= 0.6 is 22.6 Å². The van der Waals surface area contributed by atoms with Crippen molar-refractivity contribution in [3.8, 4) is 0 Å². The molecule has 0 aromatic carbocycles. The van der Waals surface area contributed by atoms with Crippen molar-refractivity contribution in [2.45, 2.75) is 20.0 Å². The first-order chi connectivity index (χ1) is 5.66. The number of hydrogen-bond donors (Lipinski definition) is 0. The van der Waals surface area contributed by atoms with Gasteiger partial charge in [0, 0.05) is 0 Å². The lowest BCUT2D eigenvalue weighted by Crippen LogP contribution is -2.29. The molecule has 0 spiro atoms. The topological polar surface area (TPSA) is 26.3 Å². The quantitative estimate of drug-likeness (QED) is 0.544. The summed E-state index contributed by atoms with van der Waals surface area (Å²) in [5.41, 5.74) is 0. The second-order valence-corrected chi connectivity index (χ2v) is 3.91. The fourth-order valence-electron chi connectivity index (χ4n) is 1.08. The van der Waals surface area contributed by atoms with Gasteiger partial charge in [0.15, 0.2) is 5.78 Å². The number of allylic oxidation sites excluding steroid dienone is 2. The van der Waals surface area contributed by atoms with E-state index in [4.69, 9.17) is 4.74 Å². The van der Waals surface area contributed by atoms with Crippen LogP contribution in [-0.2, 0) is 9.53 Å². The number of ketones is 1. The predicted octanol–water partition coefficient (Wildman–Crippen LogP) is 2.44. The second kappa shape index (κ2) is 4.07. The number of ether oxygens (including phenoxy) is 1. The highest BCUT2D eigenvalue weighted by molar-refractivity contribution is 14.1. The molecule has 0 radical (unpaired) electrons. The van der Waals surface area contributed by atoms with Crippen molar-refractivity contribution in [1.82, 2.24) is 0 Å². The maximum absolute atomic E-state index is 11.4. The van der Waals surface area contributed by atoms with E-state index in [-0.39, 0.29) is 17.8 Å². The third-order valence-electron chi connectivity index (χ3n) is 1.85. The third-order valence-corrected chi connectivity index (χ3v) is 2.64. The van der Waals surface area contributed by atoms with Crippen LogP contribution < -0.4 is 0 Å². The van der Waals surface area contributed by atoms with Gasteiger partial charge < -0.3 is 4.74 Å². The molecule has 2 atom stereocenters. The van der Waals surface area contributed by atoms with E-state index in [9.17, 15) is 4.79 Å². The van der Waals surface area contributed by atoms with Gasteiger partial charge in [0.2, 0.25) is 0 Å². The van der Waals surface area contributed by atoms with Gasteiger partial charge >= 0.3 is 0 Å². The van der Waals surface area contributed by atoms with Crippen LogP contribution in [0.15, 0.2) is 22.0 Å². The molecule has 0 aromatic heterocycles. The molecule has 0 saturated carbocycles. The molecule has 1 rings (SSSR count). The first-order valence-electron chi connectivity index (χ1n) is 3.85. The van der Waals surface area contributed by atoms with Crippen molar-refractivity contribution < 1.29 is 9.53 Å². The molecule has 12 heavy (non-hydrogen) atoms. The Hall–Kier alpha value is -0.320. The van der Waals surface area contributed by atoms with Gasteiger partial charge in [-0.25, -0.2) is 0 Å².